The SMILES string of the molecule is Cc1ccc2c(C3=C(c4c[nH]c5ccsc45)C(=O)NC3=O)nc(N3CCN(C)CC3)nc2c1. The third-order valence-electron chi connectivity index (χ3n) is 6.35. The Morgan fingerprint density at radius 2 is 1.79 bits per heavy atom. The van der Waals surface area contributed by atoms with Crippen LogP contribution >= 0.6 is 11.3 Å². The molecule has 2 aliphatic heterocycles. The summed E-state index contributed by atoms with van der Waals surface area (Å²) >= 11 is 1.54. The van der Waals surface area contributed by atoms with Crippen LogP contribution in [-0.2, 0) is 9.59 Å². The van der Waals surface area contributed by atoms with E-state index >= 15 is 0 Å². The number of anilines is 1. The Morgan fingerprint density at radius 1 is 1.00 bits per heavy atom. The molecule has 1 aromatic carbocycles. The molecular weight excluding hydrogens is 436 g/mol. The van der Waals surface area contributed by atoms with Gasteiger partial charge in [0.1, 0.15) is 0 Å². The Labute approximate surface area is 193 Å². The zero-order chi connectivity index (χ0) is 22.7. The zero-order valence-corrected chi connectivity index (χ0v) is 19.1. The van der Waals surface area contributed by atoms with Crippen LogP contribution in [0.25, 0.3) is 32.3 Å². The number of nitrogens with one attached hydrogen (secondary N) is 2. The fourth-order valence-corrected chi connectivity index (χ4v) is 5.42. The molecule has 8 nitrogen and oxygen atoms in total. The average Bonchev–Trinajstić information content (AvgIpc) is 3.48. The van der Waals surface area contributed by atoms with Crippen molar-refractivity contribution >= 4 is 61.4 Å². The molecule has 2 N–H and O–H groups in total. The Kier molecular flexibility index (Phi) is 4.56. The molecule has 0 spiro atoms. The average molecular weight is 459 g/mol. The molecule has 2 aliphatic rings. The molecule has 0 bridgehead atoms. The van der Waals surface area contributed by atoms with Gasteiger partial charge >= 0.3 is 0 Å². The molecule has 0 atom stereocenters. The highest BCUT2D eigenvalue weighted by Crippen LogP contribution is 2.38. The maximum atomic E-state index is 13.1. The summed E-state index contributed by atoms with van der Waals surface area (Å²) in [5.41, 5.74) is 4.67. The topological polar surface area (TPSA) is 94.2 Å². The molecular formula is C24H22N6O2S. The molecule has 1 saturated heterocycles. The highest BCUT2D eigenvalue weighted by molar-refractivity contribution is 7.17. The quantitative estimate of drug-likeness (QED) is 0.459. The van der Waals surface area contributed by atoms with Crippen molar-refractivity contribution in [3.05, 3.63) is 52.7 Å². The van der Waals surface area contributed by atoms with Gasteiger partial charge in [-0.15, -0.1) is 11.3 Å². The van der Waals surface area contributed by atoms with Gasteiger partial charge in [0.05, 0.1) is 32.6 Å². The van der Waals surface area contributed by atoms with Crippen LogP contribution in [0.4, 0.5) is 5.95 Å². The van der Waals surface area contributed by atoms with Crippen LogP contribution < -0.4 is 10.2 Å². The third kappa shape index (κ3) is 3.23. The van der Waals surface area contributed by atoms with Crippen molar-refractivity contribution in [2.24, 2.45) is 0 Å². The predicted octanol–water partition coefficient (Wildman–Crippen LogP) is 2.80. The number of rotatable bonds is 3. The summed E-state index contributed by atoms with van der Waals surface area (Å²) in [6.07, 6.45) is 1.80. The Balaban J connectivity index is 1.61. The Morgan fingerprint density at radius 3 is 2.61 bits per heavy atom. The minimum Gasteiger partial charge on any atom is -0.360 e. The molecule has 0 aliphatic carbocycles. The van der Waals surface area contributed by atoms with Crippen LogP contribution in [0.3, 0.4) is 0 Å². The van der Waals surface area contributed by atoms with E-state index in [1.54, 1.807) is 6.20 Å². The van der Waals surface area contributed by atoms with E-state index in [4.69, 9.17) is 9.97 Å². The highest BCUT2D eigenvalue weighted by atomic mass is 32.1. The van der Waals surface area contributed by atoms with Gasteiger partial charge in [0.25, 0.3) is 11.8 Å². The van der Waals surface area contributed by atoms with E-state index in [0.29, 0.717) is 22.8 Å². The lowest BCUT2D eigenvalue weighted by Gasteiger charge is -2.32. The molecule has 3 aromatic heterocycles. The van der Waals surface area contributed by atoms with E-state index in [2.05, 4.69) is 27.1 Å². The maximum absolute atomic E-state index is 13.1. The van der Waals surface area contributed by atoms with Gasteiger partial charge in [-0.3, -0.25) is 14.9 Å². The first-order valence-corrected chi connectivity index (χ1v) is 11.7. The molecule has 166 valence electrons. The van der Waals surface area contributed by atoms with Gasteiger partial charge in [0.15, 0.2) is 0 Å². The number of amides is 2. The van der Waals surface area contributed by atoms with Crippen molar-refractivity contribution in [2.45, 2.75) is 6.92 Å². The number of thiophene rings is 1. The number of carbonyl (C=O) groups excluding carboxylic acids is 2. The Hall–Kier alpha value is -3.56. The molecule has 33 heavy (non-hydrogen) atoms. The van der Waals surface area contributed by atoms with Gasteiger partial charge in [-0.05, 0) is 37.0 Å². The second-order valence-electron chi connectivity index (χ2n) is 8.58. The molecule has 0 radical (unpaired) electrons. The lowest BCUT2D eigenvalue weighted by atomic mass is 9.98. The van der Waals surface area contributed by atoms with E-state index in [1.807, 2.05) is 36.6 Å². The molecule has 4 aromatic rings. The predicted molar refractivity (Wildman–Crippen MR) is 130 cm³/mol. The number of likely N-dealkylation sites (N-methyl/N-ethyl adjacent to an activating group) is 1. The molecule has 1 fully saturated rings. The number of H-pyrrole nitrogens is 1. The zero-order valence-electron chi connectivity index (χ0n) is 18.3. The van der Waals surface area contributed by atoms with Crippen molar-refractivity contribution in [3.8, 4) is 0 Å². The Bertz CT molecular complexity index is 1470. The number of nitrogens with zero attached hydrogens (tertiary/aromatic N) is 4. The van der Waals surface area contributed by atoms with Crippen molar-refractivity contribution in [2.75, 3.05) is 38.1 Å². The van der Waals surface area contributed by atoms with Gasteiger partial charge in [-0.2, -0.15) is 0 Å². The minimum atomic E-state index is -0.425. The summed E-state index contributed by atoms with van der Waals surface area (Å²) in [5.74, 6) is -0.235. The summed E-state index contributed by atoms with van der Waals surface area (Å²) in [6, 6.07) is 7.88. The minimum absolute atomic E-state index is 0.306. The summed E-state index contributed by atoms with van der Waals surface area (Å²) in [4.78, 5) is 43.5. The molecule has 2 amide bonds. The van der Waals surface area contributed by atoms with Crippen LogP contribution in [-0.4, -0.2) is 64.9 Å². The van der Waals surface area contributed by atoms with Gasteiger partial charge in [-0.1, -0.05) is 12.1 Å². The molecule has 0 unspecified atom stereocenters. The first-order valence-electron chi connectivity index (χ1n) is 10.9. The van der Waals surface area contributed by atoms with Gasteiger partial charge in [0, 0.05) is 43.3 Å². The first-order chi connectivity index (χ1) is 16.0. The number of benzene rings is 1. The fourth-order valence-electron chi connectivity index (χ4n) is 4.54. The van der Waals surface area contributed by atoms with Crippen LogP contribution in [0, 0.1) is 6.92 Å². The second kappa shape index (κ2) is 7.50. The summed E-state index contributed by atoms with van der Waals surface area (Å²) in [7, 11) is 2.10. The fraction of sp³-hybridized carbons (Fsp3) is 0.250. The van der Waals surface area contributed by atoms with E-state index in [9.17, 15) is 9.59 Å². The standard InChI is InChI=1S/C24H22N6O2S/c1-13-3-4-14-17(11-13)26-24(30-8-6-29(2)7-9-30)27-20(14)19-18(22(31)28-23(19)32)15-12-25-16-5-10-33-21(15)16/h3-5,10-12,25H,6-9H2,1-2H3,(H,28,31,32). The monoisotopic (exact) mass is 458 g/mol. The number of aromatic amines is 1. The number of piperazine rings is 1. The van der Waals surface area contributed by atoms with Crippen LogP contribution in [0.15, 0.2) is 35.8 Å². The van der Waals surface area contributed by atoms with Gasteiger partial charge in [-0.25, -0.2) is 9.97 Å². The van der Waals surface area contributed by atoms with E-state index in [-0.39, 0.29) is 0 Å². The largest absolute Gasteiger partial charge is 0.360 e. The first kappa shape index (κ1) is 20.1. The number of imide groups is 1. The van der Waals surface area contributed by atoms with Crippen LogP contribution in [0.5, 0.6) is 0 Å². The van der Waals surface area contributed by atoms with Crippen LogP contribution in [0.1, 0.15) is 16.8 Å². The maximum Gasteiger partial charge on any atom is 0.261 e. The summed E-state index contributed by atoms with van der Waals surface area (Å²) in [6.45, 7) is 5.45. The van der Waals surface area contributed by atoms with Crippen molar-refractivity contribution in [3.63, 3.8) is 0 Å². The number of hydrogen-bond acceptors (Lipinski definition) is 7. The third-order valence-corrected chi connectivity index (χ3v) is 7.29. The molecule has 0 saturated carbocycles. The second-order valence-corrected chi connectivity index (χ2v) is 9.50. The molecule has 5 heterocycles. The normalized spacial score (nSPS) is 17.6. The van der Waals surface area contributed by atoms with E-state index < -0.39 is 11.8 Å². The van der Waals surface area contributed by atoms with Gasteiger partial charge in [0.2, 0.25) is 5.95 Å². The lowest BCUT2D eigenvalue weighted by Crippen LogP contribution is -2.45. The number of aromatic nitrogens is 3. The molecule has 6 rings (SSSR count). The van der Waals surface area contributed by atoms with Gasteiger partial charge < -0.3 is 14.8 Å². The van der Waals surface area contributed by atoms with Crippen LogP contribution in [0.2, 0.25) is 0 Å². The number of fused-ring (bicyclic) bond motifs is 2. The van der Waals surface area contributed by atoms with Crippen molar-refractivity contribution in [1.29, 1.82) is 0 Å². The van der Waals surface area contributed by atoms with Crippen molar-refractivity contribution in [1.82, 2.24) is 25.2 Å². The number of aryl methyl sites for hydroxylation is 1. The van der Waals surface area contributed by atoms with E-state index in [0.717, 1.165) is 58.4 Å². The number of hydrogen-bond donors (Lipinski definition) is 2. The molecule has 9 heteroatoms. The smallest absolute Gasteiger partial charge is 0.261 e. The van der Waals surface area contributed by atoms with Crippen molar-refractivity contribution < 1.29 is 9.59 Å². The summed E-state index contributed by atoms with van der Waals surface area (Å²) in [5, 5.41) is 5.22. The van der Waals surface area contributed by atoms with E-state index in [1.165, 1.54) is 11.3 Å². The lowest BCUT2D eigenvalue weighted by molar-refractivity contribution is -0.122. The summed E-state index contributed by atoms with van der Waals surface area (Å²) < 4.78 is 0.945. The number of carbonyl (C=O) groups is 2. The highest BCUT2D eigenvalue weighted by Gasteiger charge is 2.36.